The molecule has 1 unspecified atom stereocenters. The van der Waals surface area contributed by atoms with Crippen molar-refractivity contribution < 1.29 is 19.2 Å². The minimum atomic E-state index is -0.481. The molecule has 0 aliphatic carbocycles. The van der Waals surface area contributed by atoms with Gasteiger partial charge in [0.25, 0.3) is 0 Å². The summed E-state index contributed by atoms with van der Waals surface area (Å²) in [6.07, 6.45) is 7.99. The lowest BCUT2D eigenvalue weighted by Gasteiger charge is -2.17. The zero-order chi connectivity index (χ0) is 15.8. The number of hydrogen-bond acceptors (Lipinski definition) is 4. The molecule has 114 valence electrons. The van der Waals surface area contributed by atoms with Gasteiger partial charge in [0.1, 0.15) is 5.78 Å². The summed E-state index contributed by atoms with van der Waals surface area (Å²) in [5.74, 6) is 1.09. The van der Waals surface area contributed by atoms with E-state index < -0.39 is 17.7 Å². The van der Waals surface area contributed by atoms with Crippen molar-refractivity contribution in [3.8, 4) is 12.3 Å². The molecule has 0 N–H and O–H groups in total. The maximum atomic E-state index is 12.0. The zero-order valence-electron chi connectivity index (χ0n) is 12.4. The Morgan fingerprint density at radius 1 is 1.24 bits per heavy atom. The number of carbonyl (C=O) groups excluding carboxylic acids is 4. The van der Waals surface area contributed by atoms with E-state index in [0.29, 0.717) is 32.1 Å². The molecule has 1 heterocycles. The molecule has 5 nitrogen and oxygen atoms in total. The number of imide groups is 3. The number of amides is 3. The third-order valence-electron chi connectivity index (χ3n) is 3.63. The summed E-state index contributed by atoms with van der Waals surface area (Å²) in [6.45, 7) is 1.89. The Kier molecular flexibility index (Phi) is 6.80. The standard InChI is InChI=1S/C16H21NO4/c1-3-5-6-7-13(18)10-12(4-2)11-16(21)17-14(19)8-9-15(17)20/h1,12H,4-11H2,2H3. The van der Waals surface area contributed by atoms with E-state index in [0.717, 1.165) is 4.90 Å². The van der Waals surface area contributed by atoms with Gasteiger partial charge in [0.2, 0.25) is 17.7 Å². The predicted molar refractivity (Wildman–Crippen MR) is 76.8 cm³/mol. The highest BCUT2D eigenvalue weighted by Gasteiger charge is 2.35. The molecule has 1 aliphatic rings. The first-order valence-electron chi connectivity index (χ1n) is 7.33. The molecule has 1 aliphatic heterocycles. The van der Waals surface area contributed by atoms with Crippen LogP contribution in [0, 0.1) is 18.3 Å². The second-order valence-corrected chi connectivity index (χ2v) is 5.30. The fourth-order valence-electron chi connectivity index (χ4n) is 2.37. The van der Waals surface area contributed by atoms with E-state index in [9.17, 15) is 19.2 Å². The van der Waals surface area contributed by atoms with E-state index in [2.05, 4.69) is 5.92 Å². The van der Waals surface area contributed by atoms with Crippen LogP contribution in [0.15, 0.2) is 0 Å². The fraction of sp³-hybridized carbons (Fsp3) is 0.625. The highest BCUT2D eigenvalue weighted by molar-refractivity contribution is 6.15. The SMILES string of the molecule is C#CCCCC(=O)CC(CC)CC(=O)N1C(=O)CCC1=O. The van der Waals surface area contributed by atoms with Crippen LogP contribution in [-0.4, -0.2) is 28.4 Å². The summed E-state index contributed by atoms with van der Waals surface area (Å²) in [6, 6.07) is 0. The van der Waals surface area contributed by atoms with E-state index in [-0.39, 0.29) is 31.0 Å². The van der Waals surface area contributed by atoms with Crippen LogP contribution >= 0.6 is 0 Å². The van der Waals surface area contributed by atoms with Gasteiger partial charge < -0.3 is 0 Å². The monoisotopic (exact) mass is 291 g/mol. The van der Waals surface area contributed by atoms with Crippen molar-refractivity contribution in [1.82, 2.24) is 4.90 Å². The van der Waals surface area contributed by atoms with Gasteiger partial charge in [-0.3, -0.25) is 19.2 Å². The minimum absolute atomic E-state index is 0.0643. The average Bonchev–Trinajstić information content (AvgIpc) is 2.77. The number of likely N-dealkylation sites (tertiary alicyclic amines) is 1. The lowest BCUT2D eigenvalue weighted by molar-refractivity contribution is -0.149. The summed E-state index contributed by atoms with van der Waals surface area (Å²) in [5, 5.41) is 0. The third-order valence-corrected chi connectivity index (χ3v) is 3.63. The highest BCUT2D eigenvalue weighted by atomic mass is 16.2. The van der Waals surface area contributed by atoms with Crippen LogP contribution in [0.2, 0.25) is 0 Å². The Morgan fingerprint density at radius 3 is 2.38 bits per heavy atom. The largest absolute Gasteiger partial charge is 0.300 e. The molecule has 0 aromatic rings. The number of terminal acetylenes is 1. The second-order valence-electron chi connectivity index (χ2n) is 5.30. The Balaban J connectivity index is 2.48. The van der Waals surface area contributed by atoms with Gasteiger partial charge in [-0.25, -0.2) is 4.90 Å². The summed E-state index contributed by atoms with van der Waals surface area (Å²) in [5.41, 5.74) is 0. The number of nitrogens with zero attached hydrogens (tertiary/aromatic N) is 1. The van der Waals surface area contributed by atoms with Crippen LogP contribution in [0.25, 0.3) is 0 Å². The molecular formula is C16H21NO4. The van der Waals surface area contributed by atoms with Gasteiger partial charge in [0.15, 0.2) is 0 Å². The first kappa shape index (κ1) is 17.1. The summed E-state index contributed by atoms with van der Waals surface area (Å²) in [7, 11) is 0. The van der Waals surface area contributed by atoms with Crippen molar-refractivity contribution in [3.63, 3.8) is 0 Å². The predicted octanol–water partition coefficient (Wildman–Crippen LogP) is 1.84. The third kappa shape index (κ3) is 5.14. The van der Waals surface area contributed by atoms with Crippen molar-refractivity contribution in [2.45, 2.75) is 58.3 Å². The van der Waals surface area contributed by atoms with Crippen LogP contribution in [0.4, 0.5) is 0 Å². The van der Waals surface area contributed by atoms with Gasteiger partial charge in [-0.05, 0) is 12.3 Å². The molecule has 0 spiro atoms. The molecule has 0 aromatic heterocycles. The van der Waals surface area contributed by atoms with E-state index >= 15 is 0 Å². The van der Waals surface area contributed by atoms with Gasteiger partial charge in [0.05, 0.1) is 0 Å². The molecule has 0 aromatic carbocycles. The van der Waals surface area contributed by atoms with Crippen LogP contribution in [0.1, 0.15) is 58.3 Å². The van der Waals surface area contributed by atoms with Crippen LogP contribution in [-0.2, 0) is 19.2 Å². The normalized spacial score (nSPS) is 15.9. The molecule has 3 amide bonds. The van der Waals surface area contributed by atoms with E-state index in [1.54, 1.807) is 0 Å². The topological polar surface area (TPSA) is 71.5 Å². The second kappa shape index (κ2) is 8.35. The van der Waals surface area contributed by atoms with Gasteiger partial charge in [0, 0.05) is 38.5 Å². The zero-order valence-corrected chi connectivity index (χ0v) is 12.4. The number of ketones is 1. The lowest BCUT2D eigenvalue weighted by atomic mass is 9.93. The van der Waals surface area contributed by atoms with Crippen molar-refractivity contribution in [2.24, 2.45) is 5.92 Å². The van der Waals surface area contributed by atoms with Crippen molar-refractivity contribution in [2.75, 3.05) is 0 Å². The van der Waals surface area contributed by atoms with Crippen molar-refractivity contribution >= 4 is 23.5 Å². The molecule has 1 atom stereocenters. The maximum absolute atomic E-state index is 12.0. The van der Waals surface area contributed by atoms with Crippen LogP contribution < -0.4 is 0 Å². The Bertz CT molecular complexity index is 459. The molecule has 0 radical (unpaired) electrons. The molecule has 0 bridgehead atoms. The molecule has 1 rings (SSSR count). The minimum Gasteiger partial charge on any atom is -0.300 e. The number of carbonyl (C=O) groups is 4. The van der Waals surface area contributed by atoms with E-state index in [4.69, 9.17) is 6.42 Å². The first-order chi connectivity index (χ1) is 9.99. The number of Topliss-reactive ketones (excluding diaryl/α,β-unsaturated/α-hetero) is 1. The molecule has 1 saturated heterocycles. The van der Waals surface area contributed by atoms with E-state index in [1.165, 1.54) is 0 Å². The molecule has 5 heteroatoms. The van der Waals surface area contributed by atoms with Gasteiger partial charge >= 0.3 is 0 Å². The highest BCUT2D eigenvalue weighted by Crippen LogP contribution is 2.20. The van der Waals surface area contributed by atoms with Crippen LogP contribution in [0.3, 0.4) is 0 Å². The summed E-state index contributed by atoms with van der Waals surface area (Å²) in [4.78, 5) is 47.5. The number of hydrogen-bond donors (Lipinski definition) is 0. The molecular weight excluding hydrogens is 270 g/mol. The van der Waals surface area contributed by atoms with Crippen molar-refractivity contribution in [1.29, 1.82) is 0 Å². The summed E-state index contributed by atoms with van der Waals surface area (Å²) >= 11 is 0. The smallest absolute Gasteiger partial charge is 0.236 e. The van der Waals surface area contributed by atoms with Crippen LogP contribution in [0.5, 0.6) is 0 Å². The molecule has 21 heavy (non-hydrogen) atoms. The van der Waals surface area contributed by atoms with Gasteiger partial charge in [-0.1, -0.05) is 13.3 Å². The number of rotatable bonds is 8. The molecule has 1 fully saturated rings. The quantitative estimate of drug-likeness (QED) is 0.388. The maximum Gasteiger partial charge on any atom is 0.236 e. The van der Waals surface area contributed by atoms with Gasteiger partial charge in [-0.15, -0.1) is 12.3 Å². The Labute approximate surface area is 125 Å². The van der Waals surface area contributed by atoms with E-state index in [1.807, 2.05) is 6.92 Å². The summed E-state index contributed by atoms with van der Waals surface area (Å²) < 4.78 is 0. The Hall–Kier alpha value is -1.96. The molecule has 0 saturated carbocycles. The van der Waals surface area contributed by atoms with Crippen molar-refractivity contribution in [3.05, 3.63) is 0 Å². The number of unbranched alkanes of at least 4 members (excludes halogenated alkanes) is 1. The Morgan fingerprint density at radius 2 is 1.86 bits per heavy atom. The van der Waals surface area contributed by atoms with Gasteiger partial charge in [-0.2, -0.15) is 0 Å². The average molecular weight is 291 g/mol. The lowest BCUT2D eigenvalue weighted by Crippen LogP contribution is -2.36. The first-order valence-corrected chi connectivity index (χ1v) is 7.33. The fourth-order valence-corrected chi connectivity index (χ4v) is 2.37.